The van der Waals surface area contributed by atoms with E-state index in [1.54, 1.807) is 6.92 Å². The molecule has 5 nitrogen and oxygen atoms in total. The lowest BCUT2D eigenvalue weighted by Gasteiger charge is -2.05. The summed E-state index contributed by atoms with van der Waals surface area (Å²) in [5, 5.41) is 0. The molecule has 0 amide bonds. The number of rotatable bonds is 7. The minimum Gasteiger partial charge on any atom is -0.465 e. The Morgan fingerprint density at radius 3 is 2.12 bits per heavy atom. The summed E-state index contributed by atoms with van der Waals surface area (Å²) < 4.78 is 9.49. The molecule has 0 N–H and O–H groups in total. The summed E-state index contributed by atoms with van der Waals surface area (Å²) in [7, 11) is 0. The van der Waals surface area contributed by atoms with E-state index in [1.165, 1.54) is 6.92 Å². The van der Waals surface area contributed by atoms with Crippen LogP contribution in [0, 0.1) is 0 Å². The average Bonchev–Trinajstić information content (AvgIpc) is 2.15. The molecule has 0 radical (unpaired) electrons. The molecule has 5 heteroatoms. The largest absolute Gasteiger partial charge is 0.465 e. The first kappa shape index (κ1) is 14.3. The SMILES string of the molecule is C=C(C)C(=O)OCCCOC(=O)CC(C)=O. The molecule has 90 valence electrons. The Balaban J connectivity index is 3.47. The predicted octanol–water partition coefficient (Wildman–Crippen LogP) is 1.02. The van der Waals surface area contributed by atoms with Gasteiger partial charge in [-0.2, -0.15) is 0 Å². The summed E-state index contributed by atoms with van der Waals surface area (Å²) >= 11 is 0. The van der Waals surface area contributed by atoms with Crippen molar-refractivity contribution in [3.63, 3.8) is 0 Å². The van der Waals surface area contributed by atoms with Crippen molar-refractivity contribution in [1.29, 1.82) is 0 Å². The van der Waals surface area contributed by atoms with Gasteiger partial charge in [-0.25, -0.2) is 4.79 Å². The van der Waals surface area contributed by atoms with E-state index in [0.29, 0.717) is 12.0 Å². The van der Waals surface area contributed by atoms with E-state index in [4.69, 9.17) is 9.47 Å². The fourth-order valence-corrected chi connectivity index (χ4v) is 0.787. The van der Waals surface area contributed by atoms with Gasteiger partial charge >= 0.3 is 11.9 Å². The maximum absolute atomic E-state index is 10.9. The summed E-state index contributed by atoms with van der Waals surface area (Å²) in [5.41, 5.74) is 0.327. The Morgan fingerprint density at radius 1 is 1.06 bits per heavy atom. The molecule has 0 aromatic heterocycles. The van der Waals surface area contributed by atoms with Crippen LogP contribution in [0.3, 0.4) is 0 Å². The van der Waals surface area contributed by atoms with Gasteiger partial charge in [0, 0.05) is 12.0 Å². The Morgan fingerprint density at radius 2 is 1.62 bits per heavy atom. The second kappa shape index (κ2) is 7.62. The standard InChI is InChI=1S/C11H16O5/c1-8(2)11(14)16-6-4-5-15-10(13)7-9(3)12/h1,4-7H2,2-3H3. The van der Waals surface area contributed by atoms with Gasteiger partial charge in [0.25, 0.3) is 0 Å². The third-order valence-corrected chi connectivity index (χ3v) is 1.53. The van der Waals surface area contributed by atoms with E-state index in [2.05, 4.69) is 6.58 Å². The summed E-state index contributed by atoms with van der Waals surface area (Å²) in [6.45, 7) is 6.58. The van der Waals surface area contributed by atoms with Crippen LogP contribution in [-0.4, -0.2) is 30.9 Å². The van der Waals surface area contributed by atoms with Gasteiger partial charge < -0.3 is 9.47 Å². The topological polar surface area (TPSA) is 69.7 Å². The highest BCUT2D eigenvalue weighted by Crippen LogP contribution is 1.95. The number of hydrogen-bond acceptors (Lipinski definition) is 5. The molecule has 0 unspecified atom stereocenters. The normalized spacial score (nSPS) is 9.38. The Bertz CT molecular complexity index is 293. The van der Waals surface area contributed by atoms with Gasteiger partial charge in [-0.15, -0.1) is 0 Å². The van der Waals surface area contributed by atoms with Crippen LogP contribution >= 0.6 is 0 Å². The number of carbonyl (C=O) groups is 3. The maximum atomic E-state index is 10.9. The van der Waals surface area contributed by atoms with Crippen LogP contribution in [0.2, 0.25) is 0 Å². The van der Waals surface area contributed by atoms with E-state index < -0.39 is 11.9 Å². The van der Waals surface area contributed by atoms with Gasteiger partial charge in [-0.05, 0) is 13.8 Å². The summed E-state index contributed by atoms with van der Waals surface area (Å²) in [6, 6.07) is 0. The van der Waals surface area contributed by atoms with E-state index in [9.17, 15) is 14.4 Å². The minimum absolute atomic E-state index is 0.135. The highest BCUT2D eigenvalue weighted by Gasteiger charge is 2.06. The summed E-state index contributed by atoms with van der Waals surface area (Å²) in [6.07, 6.45) is 0.189. The number of Topliss-reactive ketones (excluding diaryl/α,β-unsaturated/α-hetero) is 1. The fourth-order valence-electron chi connectivity index (χ4n) is 0.787. The lowest BCUT2D eigenvalue weighted by atomic mass is 10.3. The van der Waals surface area contributed by atoms with Crippen molar-refractivity contribution in [3.8, 4) is 0 Å². The Labute approximate surface area is 94.4 Å². The quantitative estimate of drug-likeness (QED) is 0.281. The van der Waals surface area contributed by atoms with Crippen molar-refractivity contribution in [2.45, 2.75) is 26.7 Å². The summed E-state index contributed by atoms with van der Waals surface area (Å²) in [4.78, 5) is 32.3. The molecule has 0 heterocycles. The third-order valence-electron chi connectivity index (χ3n) is 1.53. The van der Waals surface area contributed by atoms with Crippen LogP contribution in [0.4, 0.5) is 0 Å². The second-order valence-corrected chi connectivity index (χ2v) is 3.37. The maximum Gasteiger partial charge on any atom is 0.333 e. The summed E-state index contributed by atoms with van der Waals surface area (Å²) in [5.74, 6) is -1.26. The molecule has 0 aromatic rings. The lowest BCUT2D eigenvalue weighted by molar-refractivity contribution is -0.146. The molecule has 0 spiro atoms. The molecule has 0 bridgehead atoms. The van der Waals surface area contributed by atoms with Crippen molar-refractivity contribution in [2.75, 3.05) is 13.2 Å². The molecule has 0 rings (SSSR count). The van der Waals surface area contributed by atoms with Crippen molar-refractivity contribution >= 4 is 17.7 Å². The van der Waals surface area contributed by atoms with Crippen molar-refractivity contribution in [2.24, 2.45) is 0 Å². The molecule has 16 heavy (non-hydrogen) atoms. The molecule has 0 aliphatic heterocycles. The van der Waals surface area contributed by atoms with E-state index in [-0.39, 0.29) is 25.4 Å². The molecule has 0 atom stereocenters. The van der Waals surface area contributed by atoms with Gasteiger partial charge in [-0.3, -0.25) is 9.59 Å². The van der Waals surface area contributed by atoms with E-state index in [1.807, 2.05) is 0 Å². The van der Waals surface area contributed by atoms with Crippen LogP contribution in [0.15, 0.2) is 12.2 Å². The number of ketones is 1. The van der Waals surface area contributed by atoms with Gasteiger partial charge in [0.2, 0.25) is 0 Å². The molecular weight excluding hydrogens is 212 g/mol. The highest BCUT2D eigenvalue weighted by molar-refractivity contribution is 5.94. The highest BCUT2D eigenvalue weighted by atomic mass is 16.5. The molecule has 0 aromatic carbocycles. The van der Waals surface area contributed by atoms with Crippen LogP contribution < -0.4 is 0 Å². The van der Waals surface area contributed by atoms with E-state index >= 15 is 0 Å². The first-order chi connectivity index (χ1) is 7.43. The number of ether oxygens (including phenoxy) is 2. The number of esters is 2. The smallest absolute Gasteiger partial charge is 0.333 e. The van der Waals surface area contributed by atoms with Gasteiger partial charge in [0.15, 0.2) is 0 Å². The van der Waals surface area contributed by atoms with Crippen molar-refractivity contribution in [3.05, 3.63) is 12.2 Å². The predicted molar refractivity (Wildman–Crippen MR) is 56.6 cm³/mol. The van der Waals surface area contributed by atoms with E-state index in [0.717, 1.165) is 0 Å². The third kappa shape index (κ3) is 7.73. The fraction of sp³-hybridized carbons (Fsp3) is 0.545. The van der Waals surface area contributed by atoms with Gasteiger partial charge in [-0.1, -0.05) is 6.58 Å². The van der Waals surface area contributed by atoms with Gasteiger partial charge in [0.1, 0.15) is 12.2 Å². The average molecular weight is 228 g/mol. The molecule has 0 aliphatic carbocycles. The minimum atomic E-state index is -0.557. The van der Waals surface area contributed by atoms with Crippen molar-refractivity contribution < 1.29 is 23.9 Å². The zero-order valence-corrected chi connectivity index (χ0v) is 9.58. The zero-order chi connectivity index (χ0) is 12.6. The first-order valence-corrected chi connectivity index (χ1v) is 4.91. The van der Waals surface area contributed by atoms with Crippen LogP contribution in [0.1, 0.15) is 26.7 Å². The second-order valence-electron chi connectivity index (χ2n) is 3.37. The Hall–Kier alpha value is -1.65. The monoisotopic (exact) mass is 228 g/mol. The molecule has 0 saturated carbocycles. The first-order valence-electron chi connectivity index (χ1n) is 4.91. The molecular formula is C11H16O5. The lowest BCUT2D eigenvalue weighted by Crippen LogP contribution is -2.12. The molecule has 0 aliphatic rings. The van der Waals surface area contributed by atoms with Crippen LogP contribution in [-0.2, 0) is 23.9 Å². The van der Waals surface area contributed by atoms with Crippen molar-refractivity contribution in [1.82, 2.24) is 0 Å². The van der Waals surface area contributed by atoms with Gasteiger partial charge in [0.05, 0.1) is 13.2 Å². The Kier molecular flexibility index (Phi) is 6.83. The molecule has 0 fully saturated rings. The number of carbonyl (C=O) groups excluding carboxylic acids is 3. The number of hydrogen-bond donors (Lipinski definition) is 0. The van der Waals surface area contributed by atoms with Crippen LogP contribution in [0.25, 0.3) is 0 Å². The van der Waals surface area contributed by atoms with Crippen LogP contribution in [0.5, 0.6) is 0 Å². The molecule has 0 saturated heterocycles. The zero-order valence-electron chi connectivity index (χ0n) is 9.58.